The largest absolute Gasteiger partial charge is 0.353 e. The number of nitrogens with zero attached hydrogens (tertiary/aromatic N) is 7. The summed E-state index contributed by atoms with van der Waals surface area (Å²) in [6, 6.07) is 3.69. The van der Waals surface area contributed by atoms with E-state index in [0.717, 1.165) is 37.8 Å². The van der Waals surface area contributed by atoms with Crippen LogP contribution in [0.25, 0.3) is 16.7 Å². The molecular weight excluding hydrogens is 406 g/mol. The number of aromatic nitrogens is 5. The molecule has 2 aliphatic rings. The third-order valence-corrected chi connectivity index (χ3v) is 5.90. The van der Waals surface area contributed by atoms with Gasteiger partial charge in [0.1, 0.15) is 5.82 Å². The number of nitrogens with one attached hydrogen (secondary N) is 1. The molecule has 5 rings (SSSR count). The molecule has 0 spiro atoms. The van der Waals surface area contributed by atoms with E-state index in [0.29, 0.717) is 23.3 Å². The monoisotopic (exact) mass is 428 g/mol. The average molecular weight is 428 g/mol. The third-order valence-electron chi connectivity index (χ3n) is 5.90. The van der Waals surface area contributed by atoms with E-state index < -0.39 is 11.7 Å². The topological polar surface area (TPSA) is 92.1 Å². The summed E-state index contributed by atoms with van der Waals surface area (Å²) in [7, 11) is 2.11. The molecule has 31 heavy (non-hydrogen) atoms. The van der Waals surface area contributed by atoms with Crippen LogP contribution >= 0.6 is 0 Å². The molecular formula is C20H22F2N8O. The molecule has 3 aromatic heterocycles. The Hall–Kier alpha value is -3.21. The first-order valence-corrected chi connectivity index (χ1v) is 10.0. The van der Waals surface area contributed by atoms with Gasteiger partial charge in [0.05, 0.1) is 10.9 Å². The van der Waals surface area contributed by atoms with Crippen LogP contribution in [0, 0.1) is 5.92 Å². The lowest BCUT2D eigenvalue weighted by atomic mass is 9.93. The molecule has 2 aliphatic heterocycles. The van der Waals surface area contributed by atoms with Gasteiger partial charge in [-0.05, 0) is 7.05 Å². The van der Waals surface area contributed by atoms with Crippen LogP contribution < -0.4 is 10.2 Å². The summed E-state index contributed by atoms with van der Waals surface area (Å²) in [5, 5.41) is 8.16. The predicted molar refractivity (Wildman–Crippen MR) is 110 cm³/mol. The van der Waals surface area contributed by atoms with E-state index in [1.54, 1.807) is 12.3 Å². The van der Waals surface area contributed by atoms with E-state index in [-0.39, 0.29) is 11.7 Å². The molecule has 0 unspecified atom stereocenters. The third kappa shape index (κ3) is 3.38. The van der Waals surface area contributed by atoms with E-state index in [1.165, 1.54) is 23.9 Å². The predicted octanol–water partition coefficient (Wildman–Crippen LogP) is 2.03. The van der Waals surface area contributed by atoms with Gasteiger partial charge in [0.15, 0.2) is 11.6 Å². The number of amides is 1. The number of fused-ring (bicyclic) bond motifs is 2. The van der Waals surface area contributed by atoms with Crippen molar-refractivity contribution in [2.45, 2.75) is 25.8 Å². The fourth-order valence-electron chi connectivity index (χ4n) is 4.40. The number of likely N-dealkylation sites (tertiary alicyclic amines) is 1. The Bertz CT molecular complexity index is 1170. The molecule has 11 heteroatoms. The minimum absolute atomic E-state index is 0.224. The molecule has 2 fully saturated rings. The van der Waals surface area contributed by atoms with Gasteiger partial charge in [-0.3, -0.25) is 4.79 Å². The van der Waals surface area contributed by atoms with Crippen molar-refractivity contribution >= 4 is 28.4 Å². The second-order valence-electron chi connectivity index (χ2n) is 8.30. The smallest absolute Gasteiger partial charge is 0.303 e. The zero-order valence-electron chi connectivity index (χ0n) is 17.4. The standard InChI is InChI=1S/C20H22F2N8O/c1-11(31)25-16-6-14-13(7-24-16)18(29-9-12-8-28(3)15(12)10-29)27-30(14)17-4-5-23-19(26-17)20(2,21)22/h4-7,12,15H,8-10H2,1-3H3,(H,24,25,31)/t12-,15+/m0/s1. The number of hydrogen-bond donors (Lipinski definition) is 1. The summed E-state index contributed by atoms with van der Waals surface area (Å²) < 4.78 is 29.2. The highest BCUT2D eigenvalue weighted by atomic mass is 19.3. The van der Waals surface area contributed by atoms with Gasteiger partial charge in [0, 0.05) is 70.0 Å². The van der Waals surface area contributed by atoms with Crippen molar-refractivity contribution in [2.24, 2.45) is 5.92 Å². The van der Waals surface area contributed by atoms with E-state index in [2.05, 4.69) is 37.1 Å². The Morgan fingerprint density at radius 3 is 2.74 bits per heavy atom. The fraction of sp³-hybridized carbons (Fsp3) is 0.450. The quantitative estimate of drug-likeness (QED) is 0.680. The van der Waals surface area contributed by atoms with Crippen LogP contribution in [0.2, 0.25) is 0 Å². The van der Waals surface area contributed by atoms with E-state index in [1.807, 2.05) is 0 Å². The van der Waals surface area contributed by atoms with Crippen LogP contribution in [-0.4, -0.2) is 68.3 Å². The summed E-state index contributed by atoms with van der Waals surface area (Å²) >= 11 is 0. The number of likely N-dealkylation sites (N-methyl/N-ethyl adjacent to an activating group) is 1. The van der Waals surface area contributed by atoms with Crippen molar-refractivity contribution in [1.29, 1.82) is 0 Å². The number of carbonyl (C=O) groups excluding carboxylic acids is 1. The Kier molecular flexibility index (Phi) is 4.40. The lowest BCUT2D eigenvalue weighted by Gasteiger charge is -2.40. The van der Waals surface area contributed by atoms with Crippen LogP contribution in [0.5, 0.6) is 0 Å². The molecule has 5 heterocycles. The van der Waals surface area contributed by atoms with E-state index in [9.17, 15) is 13.6 Å². The van der Waals surface area contributed by atoms with Crippen LogP contribution in [0.1, 0.15) is 19.7 Å². The first kappa shape index (κ1) is 19.7. The van der Waals surface area contributed by atoms with Gasteiger partial charge in [-0.15, -0.1) is 5.10 Å². The zero-order chi connectivity index (χ0) is 21.9. The number of anilines is 2. The number of rotatable bonds is 4. The maximum atomic E-state index is 13.8. The van der Waals surface area contributed by atoms with Crippen LogP contribution in [0.3, 0.4) is 0 Å². The maximum Gasteiger partial charge on any atom is 0.303 e. The molecule has 0 aliphatic carbocycles. The number of alkyl halides is 2. The van der Waals surface area contributed by atoms with Gasteiger partial charge in [-0.2, -0.15) is 8.78 Å². The van der Waals surface area contributed by atoms with Gasteiger partial charge in [-0.1, -0.05) is 0 Å². The Morgan fingerprint density at radius 1 is 1.26 bits per heavy atom. The lowest BCUT2D eigenvalue weighted by molar-refractivity contribution is -0.114. The summed E-state index contributed by atoms with van der Waals surface area (Å²) in [5.74, 6) is -2.13. The second kappa shape index (κ2) is 6.91. The van der Waals surface area contributed by atoms with Crippen LogP contribution in [0.15, 0.2) is 24.5 Å². The number of halogens is 2. The SMILES string of the molecule is CC(=O)Nc1cc2c(cn1)c(N1C[C@@H]3CN(C)[C@@H]3C1)nn2-c1ccnc(C(C)(F)F)n1. The minimum atomic E-state index is -3.18. The Balaban J connectivity index is 1.63. The Labute approximate surface area is 177 Å². The summed E-state index contributed by atoms with van der Waals surface area (Å²) in [6.45, 7) is 4.91. The van der Waals surface area contributed by atoms with Crippen LogP contribution in [-0.2, 0) is 10.7 Å². The molecule has 0 radical (unpaired) electrons. The first-order chi connectivity index (χ1) is 14.7. The van der Waals surface area contributed by atoms with Gasteiger partial charge in [0.25, 0.3) is 0 Å². The van der Waals surface area contributed by atoms with Gasteiger partial charge >= 0.3 is 5.92 Å². The molecule has 1 amide bonds. The molecule has 3 aromatic rings. The van der Waals surface area contributed by atoms with Crippen molar-refractivity contribution < 1.29 is 13.6 Å². The first-order valence-electron chi connectivity index (χ1n) is 10.0. The van der Waals surface area contributed by atoms with Gasteiger partial charge < -0.3 is 15.1 Å². The molecule has 0 bridgehead atoms. The zero-order valence-corrected chi connectivity index (χ0v) is 17.4. The lowest BCUT2D eigenvalue weighted by Crippen LogP contribution is -2.52. The normalized spacial score (nSPS) is 21.3. The average Bonchev–Trinajstić information content (AvgIpc) is 3.24. The fourth-order valence-corrected chi connectivity index (χ4v) is 4.40. The van der Waals surface area contributed by atoms with Crippen molar-refractivity contribution in [3.63, 3.8) is 0 Å². The van der Waals surface area contributed by atoms with Crippen LogP contribution in [0.4, 0.5) is 20.4 Å². The number of hydrogen-bond acceptors (Lipinski definition) is 7. The van der Waals surface area contributed by atoms with E-state index in [4.69, 9.17) is 5.10 Å². The summed E-state index contributed by atoms with van der Waals surface area (Å²) in [5.41, 5.74) is 0.616. The molecule has 2 saturated heterocycles. The minimum Gasteiger partial charge on any atom is -0.353 e. The molecule has 2 atom stereocenters. The molecule has 0 aromatic carbocycles. The van der Waals surface area contributed by atoms with Crippen molar-refractivity contribution in [3.8, 4) is 5.82 Å². The Morgan fingerprint density at radius 2 is 2.06 bits per heavy atom. The highest BCUT2D eigenvalue weighted by Gasteiger charge is 2.44. The van der Waals surface area contributed by atoms with Gasteiger partial charge in [0.2, 0.25) is 11.7 Å². The van der Waals surface area contributed by atoms with Crippen molar-refractivity contribution in [2.75, 3.05) is 36.9 Å². The highest BCUT2D eigenvalue weighted by molar-refractivity contribution is 5.95. The molecule has 0 saturated carbocycles. The van der Waals surface area contributed by atoms with Crippen molar-refractivity contribution in [1.82, 2.24) is 29.6 Å². The van der Waals surface area contributed by atoms with Crippen molar-refractivity contribution in [3.05, 3.63) is 30.4 Å². The van der Waals surface area contributed by atoms with E-state index >= 15 is 0 Å². The maximum absolute atomic E-state index is 13.8. The molecule has 1 N–H and O–H groups in total. The molecule has 9 nitrogen and oxygen atoms in total. The summed E-state index contributed by atoms with van der Waals surface area (Å²) in [6.07, 6.45) is 2.95. The van der Waals surface area contributed by atoms with Gasteiger partial charge in [-0.25, -0.2) is 19.6 Å². The highest BCUT2D eigenvalue weighted by Crippen LogP contribution is 2.37. The number of carbonyl (C=O) groups is 1. The summed E-state index contributed by atoms with van der Waals surface area (Å²) in [4.78, 5) is 28.1. The second-order valence-corrected chi connectivity index (χ2v) is 8.30. The molecule has 162 valence electrons. The number of pyridine rings is 1.